The van der Waals surface area contributed by atoms with Crippen molar-refractivity contribution >= 4 is 0 Å². The van der Waals surface area contributed by atoms with Crippen LogP contribution in [0.15, 0.2) is 24.8 Å². The molecule has 1 aromatic carbocycles. The van der Waals surface area contributed by atoms with E-state index in [1.807, 2.05) is 6.07 Å². The van der Waals surface area contributed by atoms with Gasteiger partial charge in [-0.2, -0.15) is 5.26 Å². The van der Waals surface area contributed by atoms with Crippen LogP contribution in [0.5, 0.6) is 17.2 Å². The van der Waals surface area contributed by atoms with E-state index in [1.54, 1.807) is 22.9 Å². The van der Waals surface area contributed by atoms with Crippen molar-refractivity contribution in [2.45, 2.75) is 6.54 Å². The number of methoxy groups -OCH3 is 3. The van der Waals surface area contributed by atoms with Crippen molar-refractivity contribution in [3.8, 4) is 34.6 Å². The van der Waals surface area contributed by atoms with Crippen molar-refractivity contribution < 1.29 is 14.2 Å². The van der Waals surface area contributed by atoms with Gasteiger partial charge in [-0.05, 0) is 12.1 Å². The second-order valence-electron chi connectivity index (χ2n) is 4.28. The molecule has 0 aliphatic carbocycles. The fourth-order valence-corrected chi connectivity index (χ4v) is 2.14. The van der Waals surface area contributed by atoms with Crippen LogP contribution in [-0.2, 0) is 6.54 Å². The zero-order chi connectivity index (χ0) is 16.1. The van der Waals surface area contributed by atoms with E-state index in [4.69, 9.17) is 14.2 Å². The highest BCUT2D eigenvalue weighted by Gasteiger charge is 2.20. The van der Waals surface area contributed by atoms with E-state index in [-0.39, 0.29) is 5.69 Å². The van der Waals surface area contributed by atoms with Crippen molar-refractivity contribution in [3.63, 3.8) is 0 Å². The number of aromatic nitrogens is 3. The zero-order valence-electron chi connectivity index (χ0n) is 12.7. The van der Waals surface area contributed by atoms with Gasteiger partial charge in [0.2, 0.25) is 5.75 Å². The van der Waals surface area contributed by atoms with Crippen molar-refractivity contribution in [2.24, 2.45) is 0 Å². The average molecular weight is 300 g/mol. The summed E-state index contributed by atoms with van der Waals surface area (Å²) in [4.78, 5) is 0. The van der Waals surface area contributed by atoms with Crippen LogP contribution in [0.2, 0.25) is 0 Å². The van der Waals surface area contributed by atoms with Crippen molar-refractivity contribution in [2.75, 3.05) is 21.3 Å². The van der Waals surface area contributed by atoms with Crippen LogP contribution < -0.4 is 14.2 Å². The van der Waals surface area contributed by atoms with Gasteiger partial charge in [0.1, 0.15) is 11.8 Å². The molecular weight excluding hydrogens is 284 g/mol. The summed E-state index contributed by atoms with van der Waals surface area (Å²) in [6, 6.07) is 5.54. The Balaban J connectivity index is 2.70. The number of rotatable bonds is 6. The number of nitrogens with zero attached hydrogens (tertiary/aromatic N) is 4. The molecular formula is C15H16N4O3. The lowest BCUT2D eigenvalue weighted by Gasteiger charge is -2.14. The Morgan fingerprint density at radius 3 is 2.32 bits per heavy atom. The summed E-state index contributed by atoms with van der Waals surface area (Å²) in [6.45, 7) is 4.11. The van der Waals surface area contributed by atoms with E-state index in [2.05, 4.69) is 16.9 Å². The quantitative estimate of drug-likeness (QED) is 0.759. The Hall–Kier alpha value is -3.01. The average Bonchev–Trinajstić information content (AvgIpc) is 2.96. The molecule has 0 atom stereocenters. The molecule has 0 aliphatic rings. The molecule has 0 saturated heterocycles. The maximum Gasteiger partial charge on any atom is 0.203 e. The van der Waals surface area contributed by atoms with Crippen LogP contribution in [0, 0.1) is 11.3 Å². The van der Waals surface area contributed by atoms with Gasteiger partial charge in [0.25, 0.3) is 0 Å². The highest BCUT2D eigenvalue weighted by Crippen LogP contribution is 2.41. The van der Waals surface area contributed by atoms with Gasteiger partial charge in [-0.25, -0.2) is 4.68 Å². The first-order valence-corrected chi connectivity index (χ1v) is 6.45. The lowest BCUT2D eigenvalue weighted by molar-refractivity contribution is 0.324. The first-order valence-electron chi connectivity index (χ1n) is 6.45. The SMILES string of the molecule is C=CCn1nnc(C#N)c1-c1cc(OC)c(OC)c(OC)c1. The Morgan fingerprint density at radius 1 is 1.23 bits per heavy atom. The van der Waals surface area contributed by atoms with E-state index in [0.717, 1.165) is 0 Å². The van der Waals surface area contributed by atoms with Crippen LogP contribution >= 0.6 is 0 Å². The molecule has 0 radical (unpaired) electrons. The van der Waals surface area contributed by atoms with Gasteiger partial charge in [0, 0.05) is 5.56 Å². The van der Waals surface area contributed by atoms with Gasteiger partial charge in [-0.3, -0.25) is 0 Å². The number of nitriles is 1. The molecule has 0 saturated carbocycles. The first kappa shape index (κ1) is 15.4. The van der Waals surface area contributed by atoms with Crippen LogP contribution in [0.4, 0.5) is 0 Å². The van der Waals surface area contributed by atoms with Crippen LogP contribution in [-0.4, -0.2) is 36.3 Å². The number of allylic oxidation sites excluding steroid dienone is 1. The Morgan fingerprint density at radius 2 is 1.86 bits per heavy atom. The van der Waals surface area contributed by atoms with Crippen molar-refractivity contribution in [1.82, 2.24) is 15.0 Å². The van der Waals surface area contributed by atoms with Gasteiger partial charge < -0.3 is 14.2 Å². The summed E-state index contributed by atoms with van der Waals surface area (Å²) < 4.78 is 17.6. The third-order valence-electron chi connectivity index (χ3n) is 3.08. The highest BCUT2D eigenvalue weighted by molar-refractivity contribution is 5.71. The maximum atomic E-state index is 9.24. The smallest absolute Gasteiger partial charge is 0.203 e. The third kappa shape index (κ3) is 2.59. The second-order valence-corrected chi connectivity index (χ2v) is 4.28. The number of ether oxygens (including phenoxy) is 3. The molecule has 0 amide bonds. The molecule has 0 unspecified atom stereocenters. The molecule has 0 spiro atoms. The van der Waals surface area contributed by atoms with E-state index < -0.39 is 0 Å². The molecule has 2 rings (SSSR count). The van der Waals surface area contributed by atoms with Gasteiger partial charge in [-0.1, -0.05) is 11.3 Å². The Kier molecular flexibility index (Phi) is 4.63. The van der Waals surface area contributed by atoms with Gasteiger partial charge in [0.15, 0.2) is 17.2 Å². The fourth-order valence-electron chi connectivity index (χ4n) is 2.14. The van der Waals surface area contributed by atoms with E-state index in [9.17, 15) is 5.26 Å². The topological polar surface area (TPSA) is 82.2 Å². The fraction of sp³-hybridized carbons (Fsp3) is 0.267. The molecule has 7 heteroatoms. The number of hydrogen-bond donors (Lipinski definition) is 0. The predicted octanol–water partition coefficient (Wildman–Crippen LogP) is 2.03. The second kappa shape index (κ2) is 6.63. The number of benzene rings is 1. The standard InChI is InChI=1S/C15H16N4O3/c1-5-6-19-14(11(9-16)17-18-19)10-7-12(20-2)15(22-4)13(8-10)21-3/h5,7-8H,1,6H2,2-4H3. The molecule has 1 aromatic heterocycles. The molecule has 0 N–H and O–H groups in total. The molecule has 114 valence electrons. The van der Waals surface area contributed by atoms with Crippen molar-refractivity contribution in [3.05, 3.63) is 30.5 Å². The molecule has 7 nitrogen and oxygen atoms in total. The molecule has 22 heavy (non-hydrogen) atoms. The van der Waals surface area contributed by atoms with Crippen molar-refractivity contribution in [1.29, 1.82) is 5.26 Å². The molecule has 0 bridgehead atoms. The van der Waals surface area contributed by atoms with Gasteiger partial charge in [0.05, 0.1) is 27.9 Å². The van der Waals surface area contributed by atoms with E-state index >= 15 is 0 Å². The highest BCUT2D eigenvalue weighted by atomic mass is 16.5. The monoisotopic (exact) mass is 300 g/mol. The zero-order valence-corrected chi connectivity index (χ0v) is 12.7. The number of hydrogen-bond acceptors (Lipinski definition) is 6. The minimum Gasteiger partial charge on any atom is -0.493 e. The maximum absolute atomic E-state index is 9.24. The minimum absolute atomic E-state index is 0.219. The van der Waals surface area contributed by atoms with E-state index in [1.165, 1.54) is 21.3 Å². The predicted molar refractivity (Wildman–Crippen MR) is 80.0 cm³/mol. The molecule has 2 aromatic rings. The molecule has 0 aliphatic heterocycles. The summed E-state index contributed by atoms with van der Waals surface area (Å²) in [5, 5.41) is 17.1. The summed E-state index contributed by atoms with van der Waals surface area (Å²) in [5.74, 6) is 1.47. The minimum atomic E-state index is 0.219. The van der Waals surface area contributed by atoms with E-state index in [0.29, 0.717) is 35.1 Å². The van der Waals surface area contributed by atoms with Crippen LogP contribution in [0.1, 0.15) is 5.69 Å². The summed E-state index contributed by atoms with van der Waals surface area (Å²) >= 11 is 0. The summed E-state index contributed by atoms with van der Waals surface area (Å²) in [6.07, 6.45) is 1.68. The summed E-state index contributed by atoms with van der Waals surface area (Å²) in [5.41, 5.74) is 1.48. The lowest BCUT2D eigenvalue weighted by atomic mass is 10.1. The van der Waals surface area contributed by atoms with Gasteiger partial charge in [-0.15, -0.1) is 11.7 Å². The largest absolute Gasteiger partial charge is 0.493 e. The van der Waals surface area contributed by atoms with Gasteiger partial charge >= 0.3 is 0 Å². The Labute approximate surface area is 128 Å². The molecule has 0 fully saturated rings. The molecule has 1 heterocycles. The Bertz CT molecular complexity index is 706. The third-order valence-corrected chi connectivity index (χ3v) is 3.08. The van der Waals surface area contributed by atoms with Crippen LogP contribution in [0.25, 0.3) is 11.3 Å². The van der Waals surface area contributed by atoms with Crippen LogP contribution in [0.3, 0.4) is 0 Å². The summed E-state index contributed by atoms with van der Waals surface area (Å²) in [7, 11) is 4.60. The lowest BCUT2D eigenvalue weighted by Crippen LogP contribution is -2.02. The normalized spacial score (nSPS) is 9.91. The first-order chi connectivity index (χ1) is 10.7.